The van der Waals surface area contributed by atoms with E-state index < -0.39 is 28.5 Å². The Balaban J connectivity index is 2.52. The van der Waals surface area contributed by atoms with E-state index in [1.807, 2.05) is 52.0 Å². The Labute approximate surface area is 213 Å². The molecular weight excluding hydrogens is 490 g/mol. The van der Waals surface area contributed by atoms with Gasteiger partial charge in [-0.3, -0.25) is 13.9 Å². The second-order valence-electron chi connectivity index (χ2n) is 8.68. The van der Waals surface area contributed by atoms with Crippen molar-refractivity contribution in [2.75, 3.05) is 24.2 Å². The highest BCUT2D eigenvalue weighted by molar-refractivity contribution is 7.92. The maximum Gasteiger partial charge on any atom is 0.244 e. The number of ether oxygens (including phenoxy) is 1. The number of hydrogen-bond donors (Lipinski definition) is 1. The van der Waals surface area contributed by atoms with Crippen LogP contribution >= 0.6 is 11.6 Å². The molecule has 0 bridgehead atoms. The molecule has 0 radical (unpaired) electrons. The molecule has 0 aliphatic carbocycles. The summed E-state index contributed by atoms with van der Waals surface area (Å²) in [6.07, 6.45) is 1.36. The first kappa shape index (κ1) is 28.5. The van der Waals surface area contributed by atoms with Crippen molar-refractivity contribution in [2.45, 2.75) is 52.7 Å². The van der Waals surface area contributed by atoms with Crippen LogP contribution in [0.3, 0.4) is 0 Å². The molecule has 192 valence electrons. The van der Waals surface area contributed by atoms with E-state index >= 15 is 0 Å². The third kappa shape index (κ3) is 7.86. The monoisotopic (exact) mass is 523 g/mol. The maximum atomic E-state index is 13.7. The fourth-order valence-electron chi connectivity index (χ4n) is 3.76. The molecule has 2 aromatic rings. The lowest BCUT2D eigenvalue weighted by Gasteiger charge is -2.33. The number of nitrogens with zero attached hydrogens (tertiary/aromatic N) is 2. The molecule has 0 aliphatic rings. The van der Waals surface area contributed by atoms with E-state index in [1.165, 1.54) is 24.1 Å². The molecule has 2 rings (SSSR count). The number of nitrogens with one attached hydrogen (secondary N) is 1. The van der Waals surface area contributed by atoms with Crippen LogP contribution in [-0.4, -0.2) is 57.1 Å². The number of methoxy groups -OCH3 is 1. The van der Waals surface area contributed by atoms with Crippen molar-refractivity contribution in [2.24, 2.45) is 0 Å². The normalized spacial score (nSPS) is 12.2. The van der Waals surface area contributed by atoms with Crippen LogP contribution < -0.4 is 14.4 Å². The summed E-state index contributed by atoms with van der Waals surface area (Å²) in [4.78, 5) is 28.1. The smallest absolute Gasteiger partial charge is 0.244 e. The standard InChI is InChI=1S/C25H34ClN3O5S/c1-7-21(25(31)27-17(2)3)28(15-19-10-8-9-18(4)13-19)24(30)16-29(35(6,32)33)22-14-20(26)11-12-23(22)34-5/h8-14,17,21H,7,15-16H2,1-6H3,(H,27,31)/t21-/m1/s1. The van der Waals surface area contributed by atoms with Gasteiger partial charge >= 0.3 is 0 Å². The first-order valence-corrected chi connectivity index (χ1v) is 13.6. The van der Waals surface area contributed by atoms with Crippen molar-refractivity contribution < 1.29 is 22.7 Å². The molecule has 10 heteroatoms. The Morgan fingerprint density at radius 2 is 1.83 bits per heavy atom. The van der Waals surface area contributed by atoms with Crippen LogP contribution in [0, 0.1) is 6.92 Å². The number of aryl methyl sites for hydroxylation is 1. The minimum atomic E-state index is -3.90. The minimum absolute atomic E-state index is 0.115. The summed E-state index contributed by atoms with van der Waals surface area (Å²) in [6, 6.07) is 11.3. The number of carbonyl (C=O) groups is 2. The van der Waals surface area contributed by atoms with Gasteiger partial charge in [0, 0.05) is 17.6 Å². The van der Waals surface area contributed by atoms with Crippen molar-refractivity contribution in [1.82, 2.24) is 10.2 Å². The quantitative estimate of drug-likeness (QED) is 0.484. The highest BCUT2D eigenvalue weighted by Crippen LogP contribution is 2.33. The average Bonchev–Trinajstić information content (AvgIpc) is 2.76. The molecule has 0 aliphatic heterocycles. The number of carbonyl (C=O) groups excluding carboxylic acids is 2. The summed E-state index contributed by atoms with van der Waals surface area (Å²) < 4.78 is 31.8. The topological polar surface area (TPSA) is 96.0 Å². The molecule has 2 amide bonds. The van der Waals surface area contributed by atoms with E-state index in [0.29, 0.717) is 11.4 Å². The lowest BCUT2D eigenvalue weighted by molar-refractivity contribution is -0.140. The van der Waals surface area contributed by atoms with Crippen molar-refractivity contribution in [3.05, 3.63) is 58.6 Å². The van der Waals surface area contributed by atoms with Crippen molar-refractivity contribution >= 4 is 39.1 Å². The molecule has 8 nitrogen and oxygen atoms in total. The molecule has 0 saturated carbocycles. The van der Waals surface area contributed by atoms with Crippen molar-refractivity contribution in [1.29, 1.82) is 0 Å². The van der Waals surface area contributed by atoms with Gasteiger partial charge in [0.2, 0.25) is 21.8 Å². The fourth-order valence-corrected chi connectivity index (χ4v) is 4.77. The van der Waals surface area contributed by atoms with Crippen LogP contribution in [0.25, 0.3) is 0 Å². The number of hydrogen-bond acceptors (Lipinski definition) is 5. The molecule has 0 spiro atoms. The average molecular weight is 524 g/mol. The summed E-state index contributed by atoms with van der Waals surface area (Å²) in [5.41, 5.74) is 1.99. The second-order valence-corrected chi connectivity index (χ2v) is 11.0. The van der Waals surface area contributed by atoms with E-state index in [-0.39, 0.29) is 29.9 Å². The lowest BCUT2D eigenvalue weighted by Crippen LogP contribution is -2.53. The summed E-state index contributed by atoms with van der Waals surface area (Å²) in [6.45, 7) is 7.06. The highest BCUT2D eigenvalue weighted by atomic mass is 35.5. The Kier molecular flexibility index (Phi) is 9.97. The minimum Gasteiger partial charge on any atom is -0.495 e. The van der Waals surface area contributed by atoms with Gasteiger partial charge in [-0.25, -0.2) is 8.42 Å². The first-order chi connectivity index (χ1) is 16.4. The molecule has 0 unspecified atom stereocenters. The van der Waals surface area contributed by atoms with Crippen LogP contribution in [0.1, 0.15) is 38.3 Å². The van der Waals surface area contributed by atoms with E-state index in [9.17, 15) is 18.0 Å². The maximum absolute atomic E-state index is 13.7. The number of benzene rings is 2. The predicted molar refractivity (Wildman–Crippen MR) is 139 cm³/mol. The van der Waals surface area contributed by atoms with Crippen LogP contribution in [0.2, 0.25) is 5.02 Å². The van der Waals surface area contributed by atoms with Gasteiger partial charge in [0.05, 0.1) is 19.1 Å². The third-order valence-electron chi connectivity index (χ3n) is 5.34. The van der Waals surface area contributed by atoms with Crippen molar-refractivity contribution in [3.63, 3.8) is 0 Å². The summed E-state index contributed by atoms with van der Waals surface area (Å²) in [7, 11) is -2.50. The summed E-state index contributed by atoms with van der Waals surface area (Å²) >= 11 is 6.13. The molecule has 0 heterocycles. The highest BCUT2D eigenvalue weighted by Gasteiger charge is 2.32. The molecule has 1 N–H and O–H groups in total. The number of sulfonamides is 1. The Morgan fingerprint density at radius 3 is 2.37 bits per heavy atom. The molecule has 0 fully saturated rings. The van der Waals surface area contributed by atoms with E-state index in [1.54, 1.807) is 6.07 Å². The second kappa shape index (κ2) is 12.3. The molecule has 2 aromatic carbocycles. The zero-order valence-corrected chi connectivity index (χ0v) is 22.6. The third-order valence-corrected chi connectivity index (χ3v) is 6.70. The van der Waals surface area contributed by atoms with Gasteiger partial charge in [0.15, 0.2) is 0 Å². The number of rotatable bonds is 11. The van der Waals surface area contributed by atoms with Crippen LogP contribution in [0.5, 0.6) is 5.75 Å². The largest absolute Gasteiger partial charge is 0.495 e. The number of amides is 2. The van der Waals surface area contributed by atoms with Crippen LogP contribution in [0.15, 0.2) is 42.5 Å². The van der Waals surface area contributed by atoms with E-state index in [4.69, 9.17) is 16.3 Å². The van der Waals surface area contributed by atoms with Crippen LogP contribution in [-0.2, 0) is 26.2 Å². The van der Waals surface area contributed by atoms with Gasteiger partial charge in [-0.05, 0) is 51.0 Å². The van der Waals surface area contributed by atoms with Gasteiger partial charge in [-0.1, -0.05) is 48.4 Å². The Morgan fingerprint density at radius 1 is 1.14 bits per heavy atom. The zero-order valence-electron chi connectivity index (χ0n) is 21.0. The van der Waals surface area contributed by atoms with E-state index in [2.05, 4.69) is 5.32 Å². The van der Waals surface area contributed by atoms with E-state index in [0.717, 1.165) is 21.7 Å². The predicted octanol–water partition coefficient (Wildman–Crippen LogP) is 3.76. The number of anilines is 1. The Hall–Kier alpha value is -2.78. The van der Waals surface area contributed by atoms with Gasteiger partial charge < -0.3 is 15.0 Å². The summed E-state index contributed by atoms with van der Waals surface area (Å²) in [5, 5.41) is 3.16. The molecule has 0 aromatic heterocycles. The van der Waals surface area contributed by atoms with Gasteiger partial charge in [0.1, 0.15) is 18.3 Å². The lowest BCUT2D eigenvalue weighted by atomic mass is 10.1. The fraction of sp³-hybridized carbons (Fsp3) is 0.440. The Bertz CT molecular complexity index is 1150. The first-order valence-electron chi connectivity index (χ1n) is 11.3. The van der Waals surface area contributed by atoms with Gasteiger partial charge in [-0.15, -0.1) is 0 Å². The van der Waals surface area contributed by atoms with Gasteiger partial charge in [0.25, 0.3) is 0 Å². The molecule has 0 saturated heterocycles. The summed E-state index contributed by atoms with van der Waals surface area (Å²) in [5.74, 6) is -0.568. The molecule has 35 heavy (non-hydrogen) atoms. The molecule has 1 atom stereocenters. The van der Waals surface area contributed by atoms with Gasteiger partial charge in [-0.2, -0.15) is 0 Å². The van der Waals surface area contributed by atoms with Crippen LogP contribution in [0.4, 0.5) is 5.69 Å². The SMILES string of the molecule is CC[C@H](C(=O)NC(C)C)N(Cc1cccc(C)c1)C(=O)CN(c1cc(Cl)ccc1OC)S(C)(=O)=O. The molecular formula is C25H34ClN3O5S. The van der Waals surface area contributed by atoms with Crippen molar-refractivity contribution in [3.8, 4) is 5.75 Å². The number of halogens is 1. The zero-order chi connectivity index (χ0) is 26.3.